The van der Waals surface area contributed by atoms with Gasteiger partial charge >= 0.3 is 0 Å². The van der Waals surface area contributed by atoms with Crippen LogP contribution in [0, 0.1) is 0 Å². The molecule has 2 atom stereocenters. The molecular weight excluding hydrogens is 264 g/mol. The highest BCUT2D eigenvalue weighted by Gasteiger charge is 2.36. The Labute approximate surface area is 124 Å². The maximum atomic E-state index is 12.5. The van der Waals surface area contributed by atoms with Crippen LogP contribution in [-0.4, -0.2) is 25.1 Å². The third kappa shape index (κ3) is 2.01. The topological polar surface area (TPSA) is 50.4 Å². The molecule has 4 nitrogen and oxygen atoms in total. The largest absolute Gasteiger partial charge is 0.497 e. The summed E-state index contributed by atoms with van der Waals surface area (Å²) in [6, 6.07) is 6.70. The molecule has 1 aliphatic heterocycles. The van der Waals surface area contributed by atoms with Crippen molar-refractivity contribution in [3.05, 3.63) is 34.9 Å². The van der Waals surface area contributed by atoms with Crippen molar-refractivity contribution < 1.29 is 9.53 Å². The Hall–Kier alpha value is -1.97. The lowest BCUT2D eigenvalue weighted by molar-refractivity contribution is -0.118. The molecule has 0 aromatic heterocycles. The molecule has 0 unspecified atom stereocenters. The molecule has 0 bridgehead atoms. The summed E-state index contributed by atoms with van der Waals surface area (Å²) >= 11 is 0. The van der Waals surface area contributed by atoms with Gasteiger partial charge in [0.2, 0.25) is 5.91 Å². The molecule has 4 heteroatoms. The molecule has 1 amide bonds. The molecule has 1 saturated carbocycles. The molecule has 2 aliphatic carbocycles. The van der Waals surface area contributed by atoms with Crippen molar-refractivity contribution in [3.8, 4) is 5.75 Å². The van der Waals surface area contributed by atoms with E-state index in [2.05, 4.69) is 16.7 Å². The standard InChI is InChI=1S/C17H20N2O2/c1-21-11-7-6-10-8-13-16(12(10)9-11)18-14-4-2-3-5-15(14)19-17(13)20/h6-7,9,14-15,18H,2-5,8H2,1H3,(H,19,20)/t14-,15-/m0/s1. The third-order valence-electron chi connectivity index (χ3n) is 4.94. The van der Waals surface area contributed by atoms with Gasteiger partial charge in [-0.25, -0.2) is 0 Å². The van der Waals surface area contributed by atoms with Crippen LogP contribution in [0.3, 0.4) is 0 Å². The van der Waals surface area contributed by atoms with Gasteiger partial charge in [-0.05, 0) is 30.5 Å². The second-order valence-electron chi connectivity index (χ2n) is 6.17. The summed E-state index contributed by atoms with van der Waals surface area (Å²) in [4.78, 5) is 12.5. The van der Waals surface area contributed by atoms with Crippen molar-refractivity contribution in [3.63, 3.8) is 0 Å². The fraction of sp³-hybridized carbons (Fsp3) is 0.471. The Balaban J connectivity index is 1.75. The summed E-state index contributed by atoms with van der Waals surface area (Å²) in [5.74, 6) is 0.941. The van der Waals surface area contributed by atoms with Gasteiger partial charge in [-0.3, -0.25) is 4.79 Å². The monoisotopic (exact) mass is 284 g/mol. The summed E-state index contributed by atoms with van der Waals surface area (Å²) in [5, 5.41) is 6.88. The Morgan fingerprint density at radius 1 is 1.14 bits per heavy atom. The van der Waals surface area contributed by atoms with Gasteiger partial charge in [0.25, 0.3) is 0 Å². The molecule has 4 rings (SSSR count). The van der Waals surface area contributed by atoms with Crippen molar-refractivity contribution >= 4 is 11.6 Å². The highest BCUT2D eigenvalue weighted by molar-refractivity contribution is 6.04. The molecule has 0 radical (unpaired) electrons. The molecule has 0 saturated heterocycles. The van der Waals surface area contributed by atoms with Crippen molar-refractivity contribution in [2.75, 3.05) is 7.11 Å². The number of amides is 1. The normalized spacial score (nSPS) is 27.0. The predicted octanol–water partition coefficient (Wildman–Crippen LogP) is 1.99. The Kier molecular flexibility index (Phi) is 2.91. The predicted molar refractivity (Wildman–Crippen MR) is 80.9 cm³/mol. The van der Waals surface area contributed by atoms with Crippen LogP contribution < -0.4 is 15.4 Å². The van der Waals surface area contributed by atoms with Gasteiger partial charge in [-0.15, -0.1) is 0 Å². The molecule has 21 heavy (non-hydrogen) atoms. The molecule has 3 aliphatic rings. The molecule has 1 aromatic rings. The van der Waals surface area contributed by atoms with E-state index in [9.17, 15) is 4.79 Å². The van der Waals surface area contributed by atoms with Crippen LogP contribution >= 0.6 is 0 Å². The molecule has 2 N–H and O–H groups in total. The number of ether oxygens (including phenoxy) is 1. The van der Waals surface area contributed by atoms with Gasteiger partial charge in [-0.1, -0.05) is 18.9 Å². The van der Waals surface area contributed by atoms with E-state index in [-0.39, 0.29) is 11.9 Å². The first-order valence-corrected chi connectivity index (χ1v) is 7.74. The van der Waals surface area contributed by atoms with E-state index in [1.165, 1.54) is 18.4 Å². The second-order valence-corrected chi connectivity index (χ2v) is 6.17. The first-order chi connectivity index (χ1) is 10.3. The minimum absolute atomic E-state index is 0.0991. The molecule has 110 valence electrons. The van der Waals surface area contributed by atoms with E-state index in [1.807, 2.05) is 12.1 Å². The van der Waals surface area contributed by atoms with E-state index in [0.717, 1.165) is 35.4 Å². The van der Waals surface area contributed by atoms with E-state index in [1.54, 1.807) is 7.11 Å². The van der Waals surface area contributed by atoms with Crippen LogP contribution in [0.15, 0.2) is 23.8 Å². The Morgan fingerprint density at radius 3 is 2.67 bits per heavy atom. The lowest BCUT2D eigenvalue weighted by Gasteiger charge is -2.32. The van der Waals surface area contributed by atoms with Gasteiger partial charge in [0.05, 0.1) is 12.8 Å². The number of rotatable bonds is 1. The summed E-state index contributed by atoms with van der Waals surface area (Å²) in [5.41, 5.74) is 4.24. The summed E-state index contributed by atoms with van der Waals surface area (Å²) in [6.07, 6.45) is 5.36. The Morgan fingerprint density at radius 2 is 1.90 bits per heavy atom. The van der Waals surface area contributed by atoms with E-state index >= 15 is 0 Å². The minimum Gasteiger partial charge on any atom is -0.497 e. The van der Waals surface area contributed by atoms with Crippen LogP contribution in [-0.2, 0) is 11.2 Å². The third-order valence-corrected chi connectivity index (χ3v) is 4.94. The first-order valence-electron chi connectivity index (χ1n) is 7.74. The number of nitrogens with one attached hydrogen (secondary N) is 2. The van der Waals surface area contributed by atoms with Crippen LogP contribution in [0.1, 0.15) is 36.8 Å². The number of hydrogen-bond acceptors (Lipinski definition) is 3. The van der Waals surface area contributed by atoms with Gasteiger partial charge < -0.3 is 15.4 Å². The maximum Gasteiger partial charge on any atom is 0.249 e. The number of carbonyl (C=O) groups is 1. The van der Waals surface area contributed by atoms with Gasteiger partial charge in [0.1, 0.15) is 5.75 Å². The quantitative estimate of drug-likeness (QED) is 0.829. The zero-order chi connectivity index (χ0) is 14.4. The average Bonchev–Trinajstić information content (AvgIpc) is 2.80. The zero-order valence-electron chi connectivity index (χ0n) is 12.2. The molecule has 1 fully saturated rings. The van der Waals surface area contributed by atoms with Crippen molar-refractivity contribution in [1.82, 2.24) is 10.6 Å². The summed E-state index contributed by atoms with van der Waals surface area (Å²) in [6.45, 7) is 0. The maximum absolute atomic E-state index is 12.5. The minimum atomic E-state index is 0.0991. The number of hydrogen-bond donors (Lipinski definition) is 2. The highest BCUT2D eigenvalue weighted by atomic mass is 16.5. The lowest BCUT2D eigenvalue weighted by atomic mass is 9.90. The van der Waals surface area contributed by atoms with Crippen LogP contribution in [0.4, 0.5) is 0 Å². The average molecular weight is 284 g/mol. The highest BCUT2D eigenvalue weighted by Crippen LogP contribution is 2.36. The van der Waals surface area contributed by atoms with Crippen LogP contribution in [0.25, 0.3) is 5.70 Å². The van der Waals surface area contributed by atoms with E-state index < -0.39 is 0 Å². The number of carbonyl (C=O) groups excluding carboxylic acids is 1. The van der Waals surface area contributed by atoms with Gasteiger partial charge in [0.15, 0.2) is 0 Å². The number of fused-ring (bicyclic) bond motifs is 3. The molecule has 1 heterocycles. The van der Waals surface area contributed by atoms with Crippen molar-refractivity contribution in [2.24, 2.45) is 0 Å². The Bertz CT molecular complexity index is 636. The number of benzene rings is 1. The van der Waals surface area contributed by atoms with Gasteiger partial charge in [-0.2, -0.15) is 0 Å². The smallest absolute Gasteiger partial charge is 0.249 e. The van der Waals surface area contributed by atoms with E-state index in [0.29, 0.717) is 12.5 Å². The summed E-state index contributed by atoms with van der Waals surface area (Å²) in [7, 11) is 1.68. The number of methoxy groups -OCH3 is 1. The van der Waals surface area contributed by atoms with E-state index in [4.69, 9.17) is 4.74 Å². The molecule has 1 aromatic carbocycles. The van der Waals surface area contributed by atoms with Gasteiger partial charge in [0, 0.05) is 29.6 Å². The fourth-order valence-electron chi connectivity index (χ4n) is 3.79. The second kappa shape index (κ2) is 4.79. The molecule has 0 spiro atoms. The van der Waals surface area contributed by atoms with Crippen LogP contribution in [0.2, 0.25) is 0 Å². The van der Waals surface area contributed by atoms with Crippen molar-refractivity contribution in [2.45, 2.75) is 44.2 Å². The SMILES string of the molecule is COc1ccc2c(c1)C1=C(C2)C(=O)N[C@H]2CCCC[C@@H]2N1. The van der Waals surface area contributed by atoms with Crippen LogP contribution in [0.5, 0.6) is 5.75 Å². The van der Waals surface area contributed by atoms with Crippen molar-refractivity contribution in [1.29, 1.82) is 0 Å². The first kappa shape index (κ1) is 12.7. The summed E-state index contributed by atoms with van der Waals surface area (Å²) < 4.78 is 5.33. The molecular formula is C17H20N2O2. The zero-order valence-corrected chi connectivity index (χ0v) is 12.2. The lowest BCUT2D eigenvalue weighted by Crippen LogP contribution is -2.48. The fourth-order valence-corrected chi connectivity index (χ4v) is 3.79.